The number of hydrogen-bond donors (Lipinski definition) is 1. The summed E-state index contributed by atoms with van der Waals surface area (Å²) in [6.45, 7) is 9.82. The van der Waals surface area contributed by atoms with E-state index in [1.54, 1.807) is 0 Å². The lowest BCUT2D eigenvalue weighted by molar-refractivity contribution is -0.0224. The van der Waals surface area contributed by atoms with Gasteiger partial charge in [0.05, 0.1) is 18.3 Å². The van der Waals surface area contributed by atoms with Crippen molar-refractivity contribution >= 4 is 0 Å². The molecule has 0 aliphatic carbocycles. The van der Waals surface area contributed by atoms with E-state index in [2.05, 4.69) is 25.7 Å². The second kappa shape index (κ2) is 5.10. The van der Waals surface area contributed by atoms with Crippen LogP contribution >= 0.6 is 0 Å². The van der Waals surface area contributed by atoms with E-state index in [1.165, 1.54) is 0 Å². The SMILES string of the molecule is CC(C)(C)OCCN1CCC[C@H](O)C1. The predicted octanol–water partition coefficient (Wildman–Crippen LogP) is 1.26. The summed E-state index contributed by atoms with van der Waals surface area (Å²) in [5.41, 5.74) is -0.0472. The lowest BCUT2D eigenvalue weighted by Gasteiger charge is -2.30. The normalized spacial score (nSPS) is 25.3. The summed E-state index contributed by atoms with van der Waals surface area (Å²) in [5, 5.41) is 9.46. The van der Waals surface area contributed by atoms with E-state index < -0.39 is 0 Å². The number of β-amino-alcohol motifs (C(OH)–C–C–N with tert-alkyl or cyclic N) is 1. The zero-order valence-corrected chi connectivity index (χ0v) is 9.62. The van der Waals surface area contributed by atoms with Crippen molar-refractivity contribution in [2.24, 2.45) is 0 Å². The summed E-state index contributed by atoms with van der Waals surface area (Å²) >= 11 is 0. The van der Waals surface area contributed by atoms with Gasteiger partial charge in [-0.15, -0.1) is 0 Å². The number of hydrogen-bond acceptors (Lipinski definition) is 3. The molecule has 0 bridgehead atoms. The Morgan fingerprint density at radius 1 is 1.43 bits per heavy atom. The molecule has 14 heavy (non-hydrogen) atoms. The maximum absolute atomic E-state index is 9.46. The molecule has 1 aliphatic heterocycles. The monoisotopic (exact) mass is 201 g/mol. The van der Waals surface area contributed by atoms with E-state index in [0.717, 1.165) is 39.1 Å². The Morgan fingerprint density at radius 3 is 2.71 bits per heavy atom. The van der Waals surface area contributed by atoms with Crippen LogP contribution < -0.4 is 0 Å². The van der Waals surface area contributed by atoms with Gasteiger partial charge in [-0.1, -0.05) is 0 Å². The summed E-state index contributed by atoms with van der Waals surface area (Å²) in [7, 11) is 0. The zero-order valence-electron chi connectivity index (χ0n) is 9.62. The van der Waals surface area contributed by atoms with Crippen molar-refractivity contribution in [2.75, 3.05) is 26.2 Å². The molecule has 3 nitrogen and oxygen atoms in total. The van der Waals surface area contributed by atoms with Crippen LogP contribution in [0.1, 0.15) is 33.6 Å². The maximum atomic E-state index is 9.46. The number of aliphatic hydroxyl groups excluding tert-OH is 1. The van der Waals surface area contributed by atoms with Gasteiger partial charge in [0.25, 0.3) is 0 Å². The Labute approximate surface area is 87.1 Å². The molecule has 0 spiro atoms. The van der Waals surface area contributed by atoms with Crippen LogP contribution in [-0.2, 0) is 4.74 Å². The highest BCUT2D eigenvalue weighted by Crippen LogP contribution is 2.10. The van der Waals surface area contributed by atoms with Gasteiger partial charge in [0.2, 0.25) is 0 Å². The van der Waals surface area contributed by atoms with E-state index in [-0.39, 0.29) is 11.7 Å². The third-order valence-electron chi connectivity index (χ3n) is 2.42. The summed E-state index contributed by atoms with van der Waals surface area (Å²) in [4.78, 5) is 2.28. The van der Waals surface area contributed by atoms with Gasteiger partial charge in [-0.05, 0) is 40.2 Å². The van der Waals surface area contributed by atoms with Gasteiger partial charge in [-0.2, -0.15) is 0 Å². The number of likely N-dealkylation sites (tertiary alicyclic amines) is 1. The van der Waals surface area contributed by atoms with Gasteiger partial charge < -0.3 is 9.84 Å². The fraction of sp³-hybridized carbons (Fsp3) is 1.00. The average molecular weight is 201 g/mol. The molecule has 1 atom stereocenters. The molecule has 1 heterocycles. The van der Waals surface area contributed by atoms with Crippen LogP contribution in [-0.4, -0.2) is 48.0 Å². The van der Waals surface area contributed by atoms with Crippen molar-refractivity contribution in [3.8, 4) is 0 Å². The molecule has 0 unspecified atom stereocenters. The Kier molecular flexibility index (Phi) is 4.35. The molecule has 0 aromatic rings. The summed E-state index contributed by atoms with van der Waals surface area (Å²) in [6, 6.07) is 0. The second-order valence-electron chi connectivity index (χ2n) is 5.06. The van der Waals surface area contributed by atoms with E-state index in [0.29, 0.717) is 0 Å². The molecule has 1 rings (SSSR count). The molecule has 1 aliphatic rings. The standard InChI is InChI=1S/C11H23NO2/c1-11(2,3)14-8-7-12-6-4-5-10(13)9-12/h10,13H,4-9H2,1-3H3/t10-/m0/s1. The van der Waals surface area contributed by atoms with Crippen LogP contribution in [0.5, 0.6) is 0 Å². The average Bonchev–Trinajstić information content (AvgIpc) is 2.01. The molecule has 1 saturated heterocycles. The Morgan fingerprint density at radius 2 is 2.14 bits per heavy atom. The van der Waals surface area contributed by atoms with E-state index >= 15 is 0 Å². The molecular formula is C11H23NO2. The highest BCUT2D eigenvalue weighted by Gasteiger charge is 2.18. The molecular weight excluding hydrogens is 178 g/mol. The number of ether oxygens (including phenoxy) is 1. The quantitative estimate of drug-likeness (QED) is 0.746. The first kappa shape index (κ1) is 12.0. The van der Waals surface area contributed by atoms with Gasteiger partial charge >= 0.3 is 0 Å². The van der Waals surface area contributed by atoms with Crippen LogP contribution in [0.15, 0.2) is 0 Å². The number of nitrogens with zero attached hydrogens (tertiary/aromatic N) is 1. The summed E-state index contributed by atoms with van der Waals surface area (Å²) in [6.07, 6.45) is 1.94. The summed E-state index contributed by atoms with van der Waals surface area (Å²) < 4.78 is 5.64. The number of piperidine rings is 1. The molecule has 0 saturated carbocycles. The lowest BCUT2D eigenvalue weighted by atomic mass is 10.1. The van der Waals surface area contributed by atoms with Crippen LogP contribution in [0.25, 0.3) is 0 Å². The molecule has 0 radical (unpaired) electrons. The minimum atomic E-state index is -0.126. The van der Waals surface area contributed by atoms with Crippen molar-refractivity contribution < 1.29 is 9.84 Å². The van der Waals surface area contributed by atoms with Gasteiger partial charge in [0.1, 0.15) is 0 Å². The molecule has 0 aromatic heterocycles. The van der Waals surface area contributed by atoms with Gasteiger partial charge in [0.15, 0.2) is 0 Å². The van der Waals surface area contributed by atoms with Crippen molar-refractivity contribution in [1.82, 2.24) is 4.90 Å². The van der Waals surface area contributed by atoms with Crippen molar-refractivity contribution in [1.29, 1.82) is 0 Å². The Balaban J connectivity index is 2.12. The van der Waals surface area contributed by atoms with Crippen molar-refractivity contribution in [3.63, 3.8) is 0 Å². The molecule has 1 fully saturated rings. The summed E-state index contributed by atoms with van der Waals surface area (Å²) in [5.74, 6) is 0. The highest BCUT2D eigenvalue weighted by atomic mass is 16.5. The highest BCUT2D eigenvalue weighted by molar-refractivity contribution is 4.71. The third kappa shape index (κ3) is 4.94. The maximum Gasteiger partial charge on any atom is 0.0667 e. The van der Waals surface area contributed by atoms with E-state index in [4.69, 9.17) is 4.74 Å². The van der Waals surface area contributed by atoms with Gasteiger partial charge in [-0.25, -0.2) is 0 Å². The zero-order chi connectivity index (χ0) is 10.6. The second-order valence-corrected chi connectivity index (χ2v) is 5.06. The van der Waals surface area contributed by atoms with Crippen molar-refractivity contribution in [2.45, 2.75) is 45.3 Å². The molecule has 3 heteroatoms. The molecule has 84 valence electrons. The van der Waals surface area contributed by atoms with Gasteiger partial charge in [0, 0.05) is 13.1 Å². The van der Waals surface area contributed by atoms with Crippen LogP contribution in [0.2, 0.25) is 0 Å². The Bertz CT molecular complexity index is 165. The van der Waals surface area contributed by atoms with Gasteiger partial charge in [-0.3, -0.25) is 4.90 Å². The largest absolute Gasteiger partial charge is 0.392 e. The third-order valence-corrected chi connectivity index (χ3v) is 2.42. The minimum absolute atomic E-state index is 0.0472. The van der Waals surface area contributed by atoms with E-state index in [1.807, 2.05) is 0 Å². The minimum Gasteiger partial charge on any atom is -0.392 e. The van der Waals surface area contributed by atoms with Crippen LogP contribution in [0.4, 0.5) is 0 Å². The number of rotatable bonds is 3. The fourth-order valence-electron chi connectivity index (χ4n) is 1.72. The molecule has 0 amide bonds. The van der Waals surface area contributed by atoms with Crippen LogP contribution in [0, 0.1) is 0 Å². The molecule has 1 N–H and O–H groups in total. The topological polar surface area (TPSA) is 32.7 Å². The van der Waals surface area contributed by atoms with E-state index in [9.17, 15) is 5.11 Å². The van der Waals surface area contributed by atoms with Crippen LogP contribution in [0.3, 0.4) is 0 Å². The lowest BCUT2D eigenvalue weighted by Crippen LogP contribution is -2.40. The smallest absolute Gasteiger partial charge is 0.0667 e. The fourth-order valence-corrected chi connectivity index (χ4v) is 1.72. The first-order chi connectivity index (χ1) is 6.47. The Hall–Kier alpha value is -0.120. The first-order valence-electron chi connectivity index (χ1n) is 5.52. The molecule has 0 aromatic carbocycles. The number of aliphatic hydroxyl groups is 1. The van der Waals surface area contributed by atoms with Crippen molar-refractivity contribution in [3.05, 3.63) is 0 Å². The first-order valence-corrected chi connectivity index (χ1v) is 5.52. The predicted molar refractivity (Wildman–Crippen MR) is 57.4 cm³/mol.